The first-order chi connectivity index (χ1) is 9.26. The minimum absolute atomic E-state index is 0.0982. The van der Waals surface area contributed by atoms with Gasteiger partial charge >= 0.3 is 0 Å². The van der Waals surface area contributed by atoms with Gasteiger partial charge < -0.3 is 20.3 Å². The number of hydrogen-bond donors (Lipinski definition) is 2. The summed E-state index contributed by atoms with van der Waals surface area (Å²) in [5.74, 6) is 0.0982. The zero-order chi connectivity index (χ0) is 13.9. The van der Waals surface area contributed by atoms with Crippen LogP contribution in [0.5, 0.6) is 0 Å². The van der Waals surface area contributed by atoms with Gasteiger partial charge in [-0.1, -0.05) is 13.8 Å². The molecule has 0 aromatic carbocycles. The maximum Gasteiger partial charge on any atom is 0.222 e. The molecule has 1 heterocycles. The molecule has 1 aliphatic heterocycles. The second-order valence-electron chi connectivity index (χ2n) is 4.95. The molecule has 2 N–H and O–H groups in total. The van der Waals surface area contributed by atoms with Gasteiger partial charge in [-0.2, -0.15) is 0 Å². The van der Waals surface area contributed by atoms with Gasteiger partial charge in [-0.25, -0.2) is 0 Å². The van der Waals surface area contributed by atoms with Crippen molar-refractivity contribution >= 4 is 5.91 Å². The Kier molecular flexibility index (Phi) is 8.79. The van der Waals surface area contributed by atoms with E-state index in [1.54, 1.807) is 0 Å². The fourth-order valence-electron chi connectivity index (χ4n) is 2.26. The lowest BCUT2D eigenvalue weighted by Crippen LogP contribution is -2.36. The minimum atomic E-state index is 0.0982. The summed E-state index contributed by atoms with van der Waals surface area (Å²) >= 11 is 0. The molecule has 19 heavy (non-hydrogen) atoms. The second kappa shape index (κ2) is 10.2. The molecule has 0 atom stereocenters. The van der Waals surface area contributed by atoms with Gasteiger partial charge in [0.05, 0.1) is 12.7 Å². The van der Waals surface area contributed by atoms with Crippen LogP contribution in [0.1, 0.15) is 33.1 Å². The molecule has 0 aromatic heterocycles. The monoisotopic (exact) mass is 271 g/mol. The summed E-state index contributed by atoms with van der Waals surface area (Å²) in [7, 11) is 0. The predicted molar refractivity (Wildman–Crippen MR) is 77.3 cm³/mol. The van der Waals surface area contributed by atoms with Crippen LogP contribution < -0.4 is 10.6 Å². The molecule has 5 heteroatoms. The number of carbonyl (C=O) groups is 1. The van der Waals surface area contributed by atoms with Crippen molar-refractivity contribution < 1.29 is 9.53 Å². The van der Waals surface area contributed by atoms with Crippen molar-refractivity contribution in [1.82, 2.24) is 15.5 Å². The first-order valence-corrected chi connectivity index (χ1v) is 7.57. The van der Waals surface area contributed by atoms with E-state index in [9.17, 15) is 4.79 Å². The molecule has 1 amide bonds. The highest BCUT2D eigenvalue weighted by molar-refractivity contribution is 5.75. The van der Waals surface area contributed by atoms with Crippen LogP contribution in [0, 0.1) is 0 Å². The summed E-state index contributed by atoms with van der Waals surface area (Å²) in [5, 5.41) is 6.25. The van der Waals surface area contributed by atoms with E-state index in [4.69, 9.17) is 4.74 Å². The molecule has 5 nitrogen and oxygen atoms in total. The summed E-state index contributed by atoms with van der Waals surface area (Å²) in [5.41, 5.74) is 0. The van der Waals surface area contributed by atoms with Gasteiger partial charge in [0.25, 0.3) is 0 Å². The van der Waals surface area contributed by atoms with E-state index < -0.39 is 0 Å². The minimum Gasteiger partial charge on any atom is -0.378 e. The van der Waals surface area contributed by atoms with E-state index in [2.05, 4.69) is 29.4 Å². The number of piperidine rings is 1. The molecule has 0 saturated carbocycles. The van der Waals surface area contributed by atoms with Crippen LogP contribution >= 0.6 is 0 Å². The summed E-state index contributed by atoms with van der Waals surface area (Å²) < 4.78 is 5.71. The summed E-state index contributed by atoms with van der Waals surface area (Å²) in [6.07, 6.45) is 2.93. The molecule has 1 fully saturated rings. The van der Waals surface area contributed by atoms with Gasteiger partial charge in [0.15, 0.2) is 0 Å². The molecule has 0 unspecified atom stereocenters. The molecule has 0 aliphatic carbocycles. The van der Waals surface area contributed by atoms with Gasteiger partial charge in [-0.15, -0.1) is 0 Å². The van der Waals surface area contributed by atoms with Crippen LogP contribution in [0.25, 0.3) is 0 Å². The smallest absolute Gasteiger partial charge is 0.222 e. The van der Waals surface area contributed by atoms with Crippen molar-refractivity contribution in [2.24, 2.45) is 0 Å². The number of rotatable bonds is 9. The predicted octanol–water partition coefficient (Wildman–Crippen LogP) is 0.603. The number of nitrogens with one attached hydrogen (secondary N) is 2. The van der Waals surface area contributed by atoms with Gasteiger partial charge in [0, 0.05) is 19.5 Å². The number of likely N-dealkylation sites (N-methyl/N-ethyl adjacent to an activating group) is 1. The number of amides is 1. The lowest BCUT2D eigenvalue weighted by molar-refractivity contribution is -0.122. The average Bonchev–Trinajstić information content (AvgIpc) is 2.45. The Labute approximate surface area is 117 Å². The second-order valence-corrected chi connectivity index (χ2v) is 4.95. The van der Waals surface area contributed by atoms with Crippen LogP contribution in [0.3, 0.4) is 0 Å². The SMILES string of the molecule is CCN(CC)CCNC(=O)CCOC1CCNCC1. The maximum absolute atomic E-state index is 11.6. The zero-order valence-corrected chi connectivity index (χ0v) is 12.4. The molecule has 1 rings (SSSR count). The Morgan fingerprint density at radius 2 is 2.00 bits per heavy atom. The van der Waals surface area contributed by atoms with Crippen LogP contribution in [-0.4, -0.2) is 62.8 Å². The lowest BCUT2D eigenvalue weighted by atomic mass is 10.1. The Hall–Kier alpha value is -0.650. The van der Waals surface area contributed by atoms with Crippen LogP contribution in [0.4, 0.5) is 0 Å². The third kappa shape index (κ3) is 7.50. The van der Waals surface area contributed by atoms with E-state index in [1.807, 2.05) is 0 Å². The molecule has 0 spiro atoms. The fraction of sp³-hybridized carbons (Fsp3) is 0.929. The summed E-state index contributed by atoms with van der Waals surface area (Å²) in [6, 6.07) is 0. The largest absolute Gasteiger partial charge is 0.378 e. The Balaban J connectivity index is 1.98. The van der Waals surface area contributed by atoms with E-state index in [-0.39, 0.29) is 5.91 Å². The normalized spacial score (nSPS) is 16.8. The highest BCUT2D eigenvalue weighted by atomic mass is 16.5. The van der Waals surface area contributed by atoms with Crippen LogP contribution in [-0.2, 0) is 9.53 Å². The number of ether oxygens (including phenoxy) is 1. The molecular formula is C14H29N3O2. The van der Waals surface area contributed by atoms with Crippen molar-refractivity contribution in [3.05, 3.63) is 0 Å². The van der Waals surface area contributed by atoms with Crippen molar-refractivity contribution in [1.29, 1.82) is 0 Å². The van der Waals surface area contributed by atoms with Crippen LogP contribution in [0.15, 0.2) is 0 Å². The van der Waals surface area contributed by atoms with Gasteiger partial charge in [0.1, 0.15) is 0 Å². The number of nitrogens with zero attached hydrogens (tertiary/aromatic N) is 1. The molecule has 1 aliphatic rings. The Morgan fingerprint density at radius 3 is 2.63 bits per heavy atom. The topological polar surface area (TPSA) is 53.6 Å². The number of carbonyl (C=O) groups excluding carboxylic acids is 1. The fourth-order valence-corrected chi connectivity index (χ4v) is 2.26. The molecule has 112 valence electrons. The Bertz CT molecular complexity index is 239. The first kappa shape index (κ1) is 16.4. The molecule has 1 saturated heterocycles. The van der Waals surface area contributed by atoms with E-state index >= 15 is 0 Å². The van der Waals surface area contributed by atoms with Crippen molar-refractivity contribution in [2.75, 3.05) is 45.9 Å². The maximum atomic E-state index is 11.6. The van der Waals surface area contributed by atoms with Crippen LogP contribution in [0.2, 0.25) is 0 Å². The first-order valence-electron chi connectivity index (χ1n) is 7.57. The molecule has 0 bridgehead atoms. The third-order valence-corrected chi connectivity index (χ3v) is 3.61. The highest BCUT2D eigenvalue weighted by Gasteiger charge is 2.13. The van der Waals surface area contributed by atoms with E-state index in [0.717, 1.165) is 52.1 Å². The van der Waals surface area contributed by atoms with Crippen molar-refractivity contribution in [3.63, 3.8) is 0 Å². The summed E-state index contributed by atoms with van der Waals surface area (Å²) in [6.45, 7) is 10.6. The Morgan fingerprint density at radius 1 is 1.32 bits per heavy atom. The molecule has 0 aromatic rings. The molecular weight excluding hydrogens is 242 g/mol. The van der Waals surface area contributed by atoms with Crippen molar-refractivity contribution in [3.8, 4) is 0 Å². The van der Waals surface area contributed by atoms with Crippen molar-refractivity contribution in [2.45, 2.75) is 39.2 Å². The van der Waals surface area contributed by atoms with E-state index in [0.29, 0.717) is 19.1 Å². The average molecular weight is 271 g/mol. The van der Waals surface area contributed by atoms with Gasteiger partial charge in [-0.3, -0.25) is 4.79 Å². The third-order valence-electron chi connectivity index (χ3n) is 3.61. The zero-order valence-electron chi connectivity index (χ0n) is 12.4. The highest BCUT2D eigenvalue weighted by Crippen LogP contribution is 2.07. The van der Waals surface area contributed by atoms with Gasteiger partial charge in [-0.05, 0) is 39.0 Å². The molecule has 0 radical (unpaired) electrons. The summed E-state index contributed by atoms with van der Waals surface area (Å²) in [4.78, 5) is 13.9. The standard InChI is InChI=1S/C14H29N3O2/c1-3-17(4-2)11-10-16-14(18)7-12-19-13-5-8-15-9-6-13/h13,15H,3-12H2,1-2H3,(H,16,18). The quantitative estimate of drug-likeness (QED) is 0.645. The number of hydrogen-bond acceptors (Lipinski definition) is 4. The lowest BCUT2D eigenvalue weighted by Gasteiger charge is -2.22. The van der Waals surface area contributed by atoms with Gasteiger partial charge in [0.2, 0.25) is 5.91 Å². The van der Waals surface area contributed by atoms with E-state index in [1.165, 1.54) is 0 Å².